The van der Waals surface area contributed by atoms with Gasteiger partial charge in [0.05, 0.1) is 12.5 Å². The van der Waals surface area contributed by atoms with Gasteiger partial charge in [0.2, 0.25) is 5.91 Å². The van der Waals surface area contributed by atoms with E-state index in [1.54, 1.807) is 0 Å². The Hall–Kier alpha value is -0.570. The lowest BCUT2D eigenvalue weighted by atomic mass is 9.84. The average Bonchev–Trinajstić information content (AvgIpc) is 2.54. The minimum Gasteiger partial charge on any atom is -0.273 e. The molecule has 3 heteroatoms. The molecular weight excluding hydrogens is 154 g/mol. The first-order valence-electron chi connectivity index (χ1n) is 4.81. The summed E-state index contributed by atoms with van der Waals surface area (Å²) in [4.78, 5) is 16.1. The number of nitrogens with one attached hydrogen (secondary N) is 1. The molecule has 0 aromatic heterocycles. The summed E-state index contributed by atoms with van der Waals surface area (Å²) in [6, 6.07) is 0. The number of hydrogen-bond donors (Lipinski definition) is 1. The second kappa shape index (κ2) is 3.44. The zero-order valence-corrected chi connectivity index (χ0v) is 7.21. The lowest BCUT2D eigenvalue weighted by molar-refractivity contribution is -0.124. The first kappa shape index (κ1) is 8.05. The van der Waals surface area contributed by atoms with E-state index in [2.05, 4.69) is 5.48 Å². The minimum absolute atomic E-state index is 0.0468. The number of hydroxylamine groups is 1. The van der Waals surface area contributed by atoms with Crippen molar-refractivity contribution in [2.75, 3.05) is 0 Å². The van der Waals surface area contributed by atoms with Crippen LogP contribution < -0.4 is 5.48 Å². The summed E-state index contributed by atoms with van der Waals surface area (Å²) < 4.78 is 0. The largest absolute Gasteiger partial charge is 0.273 e. The molecule has 12 heavy (non-hydrogen) atoms. The summed E-state index contributed by atoms with van der Waals surface area (Å²) in [5, 5.41) is 0. The van der Waals surface area contributed by atoms with Gasteiger partial charge in [0.15, 0.2) is 0 Å². The SMILES string of the molecule is O=C1CC(C2CCCCC2)ON1. The minimum atomic E-state index is 0.0468. The van der Waals surface area contributed by atoms with Gasteiger partial charge in [-0.1, -0.05) is 19.3 Å². The van der Waals surface area contributed by atoms with Crippen molar-refractivity contribution in [3.63, 3.8) is 0 Å². The third-order valence-corrected chi connectivity index (χ3v) is 2.89. The molecule has 1 heterocycles. The van der Waals surface area contributed by atoms with Crippen molar-refractivity contribution in [1.82, 2.24) is 5.48 Å². The number of carbonyl (C=O) groups is 1. The highest BCUT2D eigenvalue weighted by atomic mass is 16.7. The summed E-state index contributed by atoms with van der Waals surface area (Å²) in [6.45, 7) is 0. The molecule has 0 radical (unpaired) electrons. The van der Waals surface area contributed by atoms with Gasteiger partial charge in [-0.3, -0.25) is 9.63 Å². The number of rotatable bonds is 1. The molecule has 1 amide bonds. The van der Waals surface area contributed by atoms with Gasteiger partial charge in [-0.25, -0.2) is 5.48 Å². The molecule has 1 N–H and O–H groups in total. The van der Waals surface area contributed by atoms with Crippen LogP contribution >= 0.6 is 0 Å². The van der Waals surface area contributed by atoms with Crippen molar-refractivity contribution in [2.45, 2.75) is 44.6 Å². The Morgan fingerprint density at radius 2 is 2.00 bits per heavy atom. The first-order chi connectivity index (χ1) is 5.86. The molecule has 1 aliphatic heterocycles. The van der Waals surface area contributed by atoms with Gasteiger partial charge in [0, 0.05) is 0 Å². The van der Waals surface area contributed by atoms with E-state index in [1.165, 1.54) is 32.1 Å². The smallest absolute Gasteiger partial charge is 0.246 e. The second-order valence-corrected chi connectivity index (χ2v) is 3.78. The van der Waals surface area contributed by atoms with E-state index < -0.39 is 0 Å². The van der Waals surface area contributed by atoms with E-state index in [0.29, 0.717) is 12.3 Å². The van der Waals surface area contributed by atoms with Crippen molar-refractivity contribution in [2.24, 2.45) is 5.92 Å². The van der Waals surface area contributed by atoms with Crippen LogP contribution in [0.15, 0.2) is 0 Å². The van der Waals surface area contributed by atoms with Gasteiger partial charge in [0.1, 0.15) is 0 Å². The van der Waals surface area contributed by atoms with Gasteiger partial charge >= 0.3 is 0 Å². The molecule has 68 valence electrons. The average molecular weight is 169 g/mol. The van der Waals surface area contributed by atoms with Crippen LogP contribution in [0.2, 0.25) is 0 Å². The van der Waals surface area contributed by atoms with Crippen LogP contribution in [-0.2, 0) is 9.63 Å². The Kier molecular flexibility index (Phi) is 2.30. The maximum Gasteiger partial charge on any atom is 0.246 e. The van der Waals surface area contributed by atoms with Crippen molar-refractivity contribution >= 4 is 5.91 Å². The van der Waals surface area contributed by atoms with Crippen LogP contribution in [-0.4, -0.2) is 12.0 Å². The van der Waals surface area contributed by atoms with Gasteiger partial charge in [-0.15, -0.1) is 0 Å². The molecule has 0 aromatic carbocycles. The molecule has 3 nitrogen and oxygen atoms in total. The highest BCUT2D eigenvalue weighted by Crippen LogP contribution is 2.30. The normalized spacial score (nSPS) is 32.0. The topological polar surface area (TPSA) is 38.3 Å². The second-order valence-electron chi connectivity index (χ2n) is 3.78. The summed E-state index contributed by atoms with van der Waals surface area (Å²) in [6.07, 6.45) is 7.17. The monoisotopic (exact) mass is 169 g/mol. The first-order valence-corrected chi connectivity index (χ1v) is 4.81. The fourth-order valence-corrected chi connectivity index (χ4v) is 2.18. The van der Waals surface area contributed by atoms with E-state index >= 15 is 0 Å². The Balaban J connectivity index is 1.86. The van der Waals surface area contributed by atoms with Crippen LogP contribution in [0.4, 0.5) is 0 Å². The Labute approximate surface area is 72.4 Å². The maximum absolute atomic E-state index is 10.9. The predicted octanol–water partition coefficient (Wildman–Crippen LogP) is 1.39. The molecule has 1 saturated heterocycles. The lowest BCUT2D eigenvalue weighted by Crippen LogP contribution is -2.23. The summed E-state index contributed by atoms with van der Waals surface area (Å²) >= 11 is 0. The van der Waals surface area contributed by atoms with E-state index in [9.17, 15) is 4.79 Å². The Morgan fingerprint density at radius 3 is 2.58 bits per heavy atom. The highest BCUT2D eigenvalue weighted by Gasteiger charge is 2.31. The van der Waals surface area contributed by atoms with E-state index in [0.717, 1.165) is 0 Å². The predicted molar refractivity (Wildman–Crippen MR) is 44.2 cm³/mol. The molecule has 0 aromatic rings. The molecule has 2 fully saturated rings. The molecule has 2 rings (SSSR count). The highest BCUT2D eigenvalue weighted by molar-refractivity contribution is 5.76. The molecular formula is C9H15NO2. The summed E-state index contributed by atoms with van der Waals surface area (Å²) in [5.74, 6) is 0.670. The van der Waals surface area contributed by atoms with Crippen molar-refractivity contribution in [1.29, 1.82) is 0 Å². The standard InChI is InChI=1S/C9H15NO2/c11-9-6-8(12-10-9)7-4-2-1-3-5-7/h7-8H,1-6H2,(H,10,11). The quantitative estimate of drug-likeness (QED) is 0.644. The Morgan fingerprint density at radius 1 is 1.25 bits per heavy atom. The lowest BCUT2D eigenvalue weighted by Gasteiger charge is -2.24. The summed E-state index contributed by atoms with van der Waals surface area (Å²) in [7, 11) is 0. The van der Waals surface area contributed by atoms with Gasteiger partial charge in [-0.05, 0) is 18.8 Å². The third-order valence-electron chi connectivity index (χ3n) is 2.89. The van der Waals surface area contributed by atoms with Gasteiger partial charge in [0.25, 0.3) is 0 Å². The molecule has 1 unspecified atom stereocenters. The van der Waals surface area contributed by atoms with Crippen LogP contribution in [0, 0.1) is 5.92 Å². The van der Waals surface area contributed by atoms with Crippen molar-refractivity contribution in [3.05, 3.63) is 0 Å². The molecule has 2 aliphatic rings. The van der Waals surface area contributed by atoms with E-state index in [4.69, 9.17) is 4.84 Å². The van der Waals surface area contributed by atoms with Crippen molar-refractivity contribution < 1.29 is 9.63 Å². The van der Waals surface area contributed by atoms with Crippen LogP contribution in [0.5, 0.6) is 0 Å². The van der Waals surface area contributed by atoms with Gasteiger partial charge in [-0.2, -0.15) is 0 Å². The van der Waals surface area contributed by atoms with Crippen molar-refractivity contribution in [3.8, 4) is 0 Å². The van der Waals surface area contributed by atoms with Crippen LogP contribution in [0.3, 0.4) is 0 Å². The third kappa shape index (κ3) is 1.61. The Bertz CT molecular complexity index is 175. The number of carbonyl (C=O) groups excluding carboxylic acids is 1. The zero-order valence-electron chi connectivity index (χ0n) is 7.21. The van der Waals surface area contributed by atoms with E-state index in [-0.39, 0.29) is 12.0 Å². The number of hydrogen-bond acceptors (Lipinski definition) is 2. The fourth-order valence-electron chi connectivity index (χ4n) is 2.18. The number of amides is 1. The maximum atomic E-state index is 10.9. The van der Waals surface area contributed by atoms with Crippen LogP contribution in [0.1, 0.15) is 38.5 Å². The van der Waals surface area contributed by atoms with Crippen LogP contribution in [0.25, 0.3) is 0 Å². The molecule has 1 aliphatic carbocycles. The van der Waals surface area contributed by atoms with E-state index in [1.807, 2.05) is 0 Å². The zero-order chi connectivity index (χ0) is 8.39. The molecule has 1 saturated carbocycles. The summed E-state index contributed by atoms with van der Waals surface area (Å²) in [5.41, 5.74) is 2.43. The van der Waals surface area contributed by atoms with Gasteiger partial charge < -0.3 is 0 Å². The molecule has 0 spiro atoms. The molecule has 0 bridgehead atoms. The fraction of sp³-hybridized carbons (Fsp3) is 0.889. The molecule has 1 atom stereocenters.